The molecule has 0 aromatic heterocycles. The fourth-order valence-electron chi connectivity index (χ4n) is 3.05. The highest BCUT2D eigenvalue weighted by Gasteiger charge is 2.40. The first-order chi connectivity index (χ1) is 13.3. The van der Waals surface area contributed by atoms with Gasteiger partial charge in [-0.25, -0.2) is 4.39 Å². The van der Waals surface area contributed by atoms with Gasteiger partial charge in [0.25, 0.3) is 11.8 Å². The zero-order chi connectivity index (χ0) is 20.4. The minimum Gasteiger partial charge on any atom is -0.491 e. The predicted molar refractivity (Wildman–Crippen MR) is 106 cm³/mol. The summed E-state index contributed by atoms with van der Waals surface area (Å²) in [5, 5.41) is 3.00. The molecule has 0 fully saturated rings. The number of ether oxygens (including phenoxy) is 1. The second-order valence-electron chi connectivity index (χ2n) is 7.15. The molecule has 0 saturated heterocycles. The van der Waals surface area contributed by atoms with Crippen LogP contribution >= 0.6 is 0 Å². The van der Waals surface area contributed by atoms with Gasteiger partial charge in [-0.1, -0.05) is 12.1 Å². The number of amides is 2. The van der Waals surface area contributed by atoms with Gasteiger partial charge in [0.2, 0.25) is 0 Å². The molecule has 2 amide bonds. The van der Waals surface area contributed by atoms with Gasteiger partial charge >= 0.3 is 0 Å². The molecule has 0 bridgehead atoms. The van der Waals surface area contributed by atoms with Crippen LogP contribution in [0.5, 0.6) is 5.75 Å². The normalized spacial score (nSPS) is 14.5. The topological polar surface area (TPSA) is 58.6 Å². The highest BCUT2D eigenvalue weighted by molar-refractivity contribution is 6.36. The molecule has 1 aliphatic rings. The second-order valence-corrected chi connectivity index (χ2v) is 7.15. The fraction of sp³-hybridized carbons (Fsp3) is 0.273. The van der Waals surface area contributed by atoms with Crippen molar-refractivity contribution in [1.29, 1.82) is 0 Å². The molecule has 0 radical (unpaired) electrons. The number of hydrogen-bond donors (Lipinski definition) is 1. The molecule has 3 rings (SSSR count). The predicted octanol–water partition coefficient (Wildman–Crippen LogP) is 4.21. The molecule has 2 aromatic carbocycles. The van der Waals surface area contributed by atoms with Crippen molar-refractivity contribution in [2.75, 3.05) is 5.32 Å². The van der Waals surface area contributed by atoms with Crippen LogP contribution < -0.4 is 10.1 Å². The zero-order valence-electron chi connectivity index (χ0n) is 16.3. The number of anilines is 1. The number of carbonyl (C=O) groups excluding carboxylic acids is 2. The first-order valence-corrected chi connectivity index (χ1v) is 9.19. The molecule has 1 N–H and O–H groups in total. The molecule has 0 spiro atoms. The molecular formula is C22H23FN2O3. The van der Waals surface area contributed by atoms with Crippen molar-refractivity contribution >= 4 is 23.1 Å². The summed E-state index contributed by atoms with van der Waals surface area (Å²) < 4.78 is 18.8. The van der Waals surface area contributed by atoms with E-state index in [1.807, 2.05) is 13.8 Å². The Labute approximate surface area is 163 Å². The Morgan fingerprint density at radius 2 is 1.50 bits per heavy atom. The van der Waals surface area contributed by atoms with Gasteiger partial charge in [0.05, 0.1) is 11.7 Å². The van der Waals surface area contributed by atoms with E-state index in [0.717, 1.165) is 0 Å². The molecular weight excluding hydrogens is 359 g/mol. The van der Waals surface area contributed by atoms with Gasteiger partial charge in [-0.15, -0.1) is 0 Å². The number of rotatable bonds is 6. The van der Waals surface area contributed by atoms with Gasteiger partial charge in [0.15, 0.2) is 0 Å². The van der Waals surface area contributed by atoms with E-state index >= 15 is 0 Å². The average Bonchev–Trinajstić information content (AvgIpc) is 2.87. The van der Waals surface area contributed by atoms with Crippen molar-refractivity contribution in [2.45, 2.75) is 39.8 Å². The Balaban J connectivity index is 2.02. The van der Waals surface area contributed by atoms with E-state index < -0.39 is 5.91 Å². The van der Waals surface area contributed by atoms with Gasteiger partial charge in [0, 0.05) is 11.7 Å². The highest BCUT2D eigenvalue weighted by atomic mass is 19.1. The van der Waals surface area contributed by atoms with E-state index in [4.69, 9.17) is 4.74 Å². The SMILES string of the molecule is CC(C)Oc1ccc(C2=C(Nc3ccc(F)cc3)C(=O)N(C(C)C)C2=O)cc1. The Morgan fingerprint density at radius 3 is 2.04 bits per heavy atom. The number of hydrogen-bond acceptors (Lipinski definition) is 4. The maximum atomic E-state index is 13.2. The minimum atomic E-state index is -0.401. The molecule has 1 heterocycles. The number of nitrogens with zero attached hydrogens (tertiary/aromatic N) is 1. The first-order valence-electron chi connectivity index (χ1n) is 9.19. The smallest absolute Gasteiger partial charge is 0.278 e. The lowest BCUT2D eigenvalue weighted by atomic mass is 10.0. The van der Waals surface area contributed by atoms with E-state index in [1.54, 1.807) is 38.1 Å². The molecule has 0 atom stereocenters. The van der Waals surface area contributed by atoms with Crippen molar-refractivity contribution in [2.24, 2.45) is 0 Å². The fourth-order valence-corrected chi connectivity index (χ4v) is 3.05. The molecule has 28 heavy (non-hydrogen) atoms. The van der Waals surface area contributed by atoms with Gasteiger partial charge in [-0.3, -0.25) is 14.5 Å². The third kappa shape index (κ3) is 3.91. The Bertz CT molecular complexity index is 916. The van der Waals surface area contributed by atoms with Gasteiger partial charge in [0.1, 0.15) is 17.3 Å². The van der Waals surface area contributed by atoms with Crippen LogP contribution in [0.15, 0.2) is 54.2 Å². The zero-order valence-corrected chi connectivity index (χ0v) is 16.3. The van der Waals surface area contributed by atoms with Crippen LogP contribution in [0, 0.1) is 5.82 Å². The maximum absolute atomic E-state index is 13.2. The second kappa shape index (κ2) is 7.84. The third-order valence-corrected chi connectivity index (χ3v) is 4.26. The van der Waals surface area contributed by atoms with Gasteiger partial charge in [-0.05, 0) is 69.7 Å². The summed E-state index contributed by atoms with van der Waals surface area (Å²) in [5.74, 6) is -0.452. The summed E-state index contributed by atoms with van der Waals surface area (Å²) in [6.07, 6.45) is 0.0342. The highest BCUT2D eigenvalue weighted by Crippen LogP contribution is 2.32. The average molecular weight is 382 g/mol. The van der Waals surface area contributed by atoms with Crippen molar-refractivity contribution in [3.05, 3.63) is 65.6 Å². The third-order valence-electron chi connectivity index (χ3n) is 4.26. The molecule has 0 unspecified atom stereocenters. The summed E-state index contributed by atoms with van der Waals surface area (Å²) in [7, 11) is 0. The summed E-state index contributed by atoms with van der Waals surface area (Å²) >= 11 is 0. The standard InChI is InChI=1S/C22H23FN2O3/c1-13(2)25-21(26)19(15-5-11-18(12-6-15)28-14(3)4)20(22(25)27)24-17-9-7-16(23)8-10-17/h5-14,24H,1-4H3. The number of benzene rings is 2. The number of carbonyl (C=O) groups is 2. The summed E-state index contributed by atoms with van der Waals surface area (Å²) in [5.41, 5.74) is 1.62. The van der Waals surface area contributed by atoms with E-state index in [0.29, 0.717) is 22.6 Å². The van der Waals surface area contributed by atoms with E-state index in [-0.39, 0.29) is 29.6 Å². The molecule has 2 aromatic rings. The Hall–Kier alpha value is -3.15. The van der Waals surface area contributed by atoms with Crippen LogP contribution in [-0.2, 0) is 9.59 Å². The van der Waals surface area contributed by atoms with Crippen molar-refractivity contribution in [3.8, 4) is 5.75 Å². The van der Waals surface area contributed by atoms with Crippen molar-refractivity contribution < 1.29 is 18.7 Å². The molecule has 5 nitrogen and oxygen atoms in total. The van der Waals surface area contributed by atoms with Gasteiger partial charge in [-0.2, -0.15) is 0 Å². The number of nitrogens with one attached hydrogen (secondary N) is 1. The quantitative estimate of drug-likeness (QED) is 0.761. The largest absolute Gasteiger partial charge is 0.491 e. The van der Waals surface area contributed by atoms with Crippen molar-refractivity contribution in [3.63, 3.8) is 0 Å². The lowest BCUT2D eigenvalue weighted by Gasteiger charge is -2.19. The molecule has 1 aliphatic heterocycles. The van der Waals surface area contributed by atoms with E-state index in [2.05, 4.69) is 5.32 Å². The first kappa shape index (κ1) is 19.6. The van der Waals surface area contributed by atoms with Crippen LogP contribution in [0.4, 0.5) is 10.1 Å². The molecule has 6 heteroatoms. The Kier molecular flexibility index (Phi) is 5.49. The van der Waals surface area contributed by atoms with Crippen LogP contribution in [0.2, 0.25) is 0 Å². The summed E-state index contributed by atoms with van der Waals surface area (Å²) in [6, 6.07) is 12.4. The Morgan fingerprint density at radius 1 is 0.893 bits per heavy atom. The number of halogens is 1. The van der Waals surface area contributed by atoms with Crippen LogP contribution in [-0.4, -0.2) is 28.9 Å². The monoisotopic (exact) mass is 382 g/mol. The number of imide groups is 1. The molecule has 146 valence electrons. The molecule has 0 aliphatic carbocycles. The van der Waals surface area contributed by atoms with E-state index in [9.17, 15) is 14.0 Å². The van der Waals surface area contributed by atoms with Gasteiger partial charge < -0.3 is 10.1 Å². The summed E-state index contributed by atoms with van der Waals surface area (Å²) in [4.78, 5) is 27.1. The van der Waals surface area contributed by atoms with Crippen LogP contribution in [0.3, 0.4) is 0 Å². The van der Waals surface area contributed by atoms with Crippen LogP contribution in [0.25, 0.3) is 5.57 Å². The lowest BCUT2D eigenvalue weighted by molar-refractivity contribution is -0.138. The van der Waals surface area contributed by atoms with E-state index in [1.165, 1.54) is 29.2 Å². The van der Waals surface area contributed by atoms with Crippen LogP contribution in [0.1, 0.15) is 33.3 Å². The minimum absolute atomic E-state index is 0.0342. The maximum Gasteiger partial charge on any atom is 0.278 e. The lowest BCUT2D eigenvalue weighted by Crippen LogP contribution is -2.38. The molecule has 0 saturated carbocycles. The summed E-state index contributed by atoms with van der Waals surface area (Å²) in [6.45, 7) is 7.43. The van der Waals surface area contributed by atoms with Crippen molar-refractivity contribution in [1.82, 2.24) is 4.90 Å².